The molecule has 1 saturated carbocycles. The Balaban J connectivity index is 1.47. The van der Waals surface area contributed by atoms with Crippen molar-refractivity contribution in [1.29, 1.82) is 0 Å². The normalized spacial score (nSPS) is 28.0. The van der Waals surface area contributed by atoms with Crippen molar-refractivity contribution in [3.8, 4) is 0 Å². The molecule has 0 radical (unpaired) electrons. The molecule has 4 heterocycles. The summed E-state index contributed by atoms with van der Waals surface area (Å²) in [6.07, 6.45) is 1.45. The third kappa shape index (κ3) is 4.02. The standard InChI is InChI=1S/C18H26N10O3S/c1-2-6-32-18-20-16(19-8-9-4-3-5-31-9)12-17(21-18)28(27-22-12)11-7-10(13(29)14(11)30)15-23-25-26-24-15/h9-11,13-14,29-30H,2-8H2,1H3,(H,19,20,21)(H,23,24,25,26)/t9-,10-,11+,13+,14-/m0/s1. The zero-order valence-electron chi connectivity index (χ0n) is 17.6. The van der Waals surface area contributed by atoms with Gasteiger partial charge in [-0.05, 0) is 25.7 Å². The molecule has 3 aromatic rings. The maximum absolute atomic E-state index is 10.8. The minimum Gasteiger partial charge on any atom is -0.390 e. The van der Waals surface area contributed by atoms with E-state index in [4.69, 9.17) is 4.74 Å². The molecule has 32 heavy (non-hydrogen) atoms. The van der Waals surface area contributed by atoms with Crippen LogP contribution in [-0.2, 0) is 4.74 Å². The van der Waals surface area contributed by atoms with Crippen LogP contribution in [0.15, 0.2) is 5.16 Å². The molecule has 1 aliphatic heterocycles. The van der Waals surface area contributed by atoms with Gasteiger partial charge in [0.2, 0.25) is 0 Å². The van der Waals surface area contributed by atoms with Gasteiger partial charge in [0.1, 0.15) is 6.10 Å². The fraction of sp³-hybridized carbons (Fsp3) is 0.722. The maximum atomic E-state index is 10.8. The number of thioether (sulfide) groups is 1. The number of fused-ring (bicyclic) bond motifs is 1. The summed E-state index contributed by atoms with van der Waals surface area (Å²) in [6, 6.07) is -0.538. The smallest absolute Gasteiger partial charge is 0.191 e. The third-order valence-corrected chi connectivity index (χ3v) is 6.97. The second kappa shape index (κ2) is 9.21. The molecule has 3 aromatic heterocycles. The number of H-pyrrole nitrogens is 1. The molecule has 2 aliphatic rings. The zero-order chi connectivity index (χ0) is 22.1. The summed E-state index contributed by atoms with van der Waals surface area (Å²) >= 11 is 1.56. The molecule has 14 heteroatoms. The number of nitrogens with zero attached hydrogens (tertiary/aromatic N) is 8. The monoisotopic (exact) mass is 462 g/mol. The minimum atomic E-state index is -1.08. The number of aromatic nitrogens is 9. The molecule has 5 atom stereocenters. The number of ether oxygens (including phenoxy) is 1. The van der Waals surface area contributed by atoms with Crippen LogP contribution in [-0.4, -0.2) is 93.0 Å². The van der Waals surface area contributed by atoms with Gasteiger partial charge in [0.15, 0.2) is 28.0 Å². The van der Waals surface area contributed by atoms with Crippen molar-refractivity contribution in [2.75, 3.05) is 24.2 Å². The van der Waals surface area contributed by atoms with Crippen molar-refractivity contribution in [2.45, 2.75) is 68.0 Å². The lowest BCUT2D eigenvalue weighted by molar-refractivity contribution is 0.0146. The number of rotatable bonds is 8. The summed E-state index contributed by atoms with van der Waals surface area (Å²) in [7, 11) is 0. The molecule has 13 nitrogen and oxygen atoms in total. The van der Waals surface area contributed by atoms with Crippen molar-refractivity contribution < 1.29 is 14.9 Å². The molecule has 0 spiro atoms. The number of hydrogen-bond donors (Lipinski definition) is 4. The van der Waals surface area contributed by atoms with Crippen LogP contribution in [0.2, 0.25) is 0 Å². The molecule has 5 rings (SSSR count). The van der Waals surface area contributed by atoms with Crippen LogP contribution in [0.5, 0.6) is 0 Å². The molecule has 0 unspecified atom stereocenters. The average Bonchev–Trinajstić information content (AvgIpc) is 3.60. The van der Waals surface area contributed by atoms with E-state index in [-0.39, 0.29) is 6.10 Å². The number of aliphatic hydroxyl groups excluding tert-OH is 2. The van der Waals surface area contributed by atoms with E-state index < -0.39 is 24.2 Å². The number of nitrogens with one attached hydrogen (secondary N) is 2. The molecular formula is C18H26N10O3S. The third-order valence-electron chi connectivity index (χ3n) is 5.92. The summed E-state index contributed by atoms with van der Waals surface area (Å²) in [5, 5.41) is 47.8. The van der Waals surface area contributed by atoms with E-state index in [2.05, 4.69) is 53.1 Å². The molecule has 1 saturated heterocycles. The van der Waals surface area contributed by atoms with E-state index in [1.54, 1.807) is 16.4 Å². The lowest BCUT2D eigenvalue weighted by Crippen LogP contribution is -2.29. The van der Waals surface area contributed by atoms with Crippen molar-refractivity contribution >= 4 is 28.7 Å². The van der Waals surface area contributed by atoms with Gasteiger partial charge < -0.3 is 20.3 Å². The second-order valence-corrected chi connectivity index (χ2v) is 9.15. The van der Waals surface area contributed by atoms with Gasteiger partial charge >= 0.3 is 0 Å². The first kappa shape index (κ1) is 21.4. The Morgan fingerprint density at radius 3 is 2.91 bits per heavy atom. The van der Waals surface area contributed by atoms with E-state index in [9.17, 15) is 10.2 Å². The Hall–Kier alpha value is -2.42. The van der Waals surface area contributed by atoms with Gasteiger partial charge in [-0.2, -0.15) is 5.21 Å². The van der Waals surface area contributed by atoms with Crippen LogP contribution in [0.25, 0.3) is 11.2 Å². The van der Waals surface area contributed by atoms with Gasteiger partial charge in [0.05, 0.1) is 24.2 Å². The topological polar surface area (TPSA) is 173 Å². The largest absolute Gasteiger partial charge is 0.390 e. The number of hydrogen-bond acceptors (Lipinski definition) is 12. The fourth-order valence-electron chi connectivity index (χ4n) is 4.26. The van der Waals surface area contributed by atoms with Crippen LogP contribution in [0.3, 0.4) is 0 Å². The lowest BCUT2D eigenvalue weighted by Gasteiger charge is -2.17. The molecule has 4 N–H and O–H groups in total. The molecule has 172 valence electrons. The number of tetrazole rings is 1. The molecule has 0 amide bonds. The molecule has 2 fully saturated rings. The Morgan fingerprint density at radius 1 is 1.25 bits per heavy atom. The van der Waals surface area contributed by atoms with Crippen LogP contribution in [0, 0.1) is 0 Å². The van der Waals surface area contributed by atoms with E-state index in [1.807, 2.05) is 0 Å². The van der Waals surface area contributed by atoms with Crippen LogP contribution < -0.4 is 5.32 Å². The van der Waals surface area contributed by atoms with Gasteiger partial charge in [-0.15, -0.1) is 15.3 Å². The average molecular weight is 463 g/mol. The van der Waals surface area contributed by atoms with E-state index in [0.29, 0.717) is 40.9 Å². The highest BCUT2D eigenvalue weighted by Gasteiger charge is 2.46. The maximum Gasteiger partial charge on any atom is 0.191 e. The Bertz CT molecular complexity index is 1040. The van der Waals surface area contributed by atoms with Gasteiger partial charge in [-0.1, -0.05) is 29.1 Å². The number of aromatic amines is 1. The first-order valence-corrected chi connectivity index (χ1v) is 11.8. The van der Waals surface area contributed by atoms with Crippen molar-refractivity contribution in [3.63, 3.8) is 0 Å². The highest BCUT2D eigenvalue weighted by atomic mass is 32.2. The highest BCUT2D eigenvalue weighted by molar-refractivity contribution is 7.99. The van der Waals surface area contributed by atoms with E-state index in [0.717, 1.165) is 31.6 Å². The molecular weight excluding hydrogens is 436 g/mol. The van der Waals surface area contributed by atoms with E-state index >= 15 is 0 Å². The highest BCUT2D eigenvalue weighted by Crippen LogP contribution is 2.41. The first-order valence-electron chi connectivity index (χ1n) is 10.9. The molecule has 0 bridgehead atoms. The van der Waals surface area contributed by atoms with Gasteiger partial charge in [0, 0.05) is 18.9 Å². The fourth-order valence-corrected chi connectivity index (χ4v) is 4.96. The van der Waals surface area contributed by atoms with Crippen LogP contribution in [0.4, 0.5) is 5.82 Å². The Kier molecular flexibility index (Phi) is 6.17. The first-order chi connectivity index (χ1) is 15.7. The summed E-state index contributed by atoms with van der Waals surface area (Å²) in [5.74, 6) is 1.36. The molecule has 0 aromatic carbocycles. The van der Waals surface area contributed by atoms with Gasteiger partial charge in [-0.25, -0.2) is 14.6 Å². The predicted molar refractivity (Wildman–Crippen MR) is 114 cm³/mol. The summed E-state index contributed by atoms with van der Waals surface area (Å²) < 4.78 is 7.29. The van der Waals surface area contributed by atoms with Crippen molar-refractivity contribution in [2.24, 2.45) is 0 Å². The summed E-state index contributed by atoms with van der Waals surface area (Å²) in [4.78, 5) is 9.33. The minimum absolute atomic E-state index is 0.143. The second-order valence-electron chi connectivity index (χ2n) is 8.09. The quantitative estimate of drug-likeness (QED) is 0.266. The Labute approximate surface area is 187 Å². The number of anilines is 1. The molecule has 1 aliphatic carbocycles. The predicted octanol–water partition coefficient (Wildman–Crippen LogP) is 0.278. The van der Waals surface area contributed by atoms with Crippen LogP contribution in [0.1, 0.15) is 50.4 Å². The van der Waals surface area contributed by atoms with Crippen LogP contribution >= 0.6 is 11.8 Å². The Morgan fingerprint density at radius 2 is 2.16 bits per heavy atom. The lowest BCUT2D eigenvalue weighted by atomic mass is 10.1. The summed E-state index contributed by atoms with van der Waals surface area (Å²) in [5.41, 5.74) is 1.03. The van der Waals surface area contributed by atoms with E-state index in [1.165, 1.54) is 0 Å². The number of aliphatic hydroxyl groups is 2. The van der Waals surface area contributed by atoms with Crippen molar-refractivity contribution in [1.82, 2.24) is 45.6 Å². The van der Waals surface area contributed by atoms with Gasteiger partial charge in [-0.3, -0.25) is 0 Å². The SMILES string of the molecule is CCCSc1nc(NC[C@@H]2CCCO2)c2nnn([C@@H]3C[C@H](c4nn[nH]n4)[C@@H](O)[C@H]3O)c2n1. The van der Waals surface area contributed by atoms with Gasteiger partial charge in [0.25, 0.3) is 0 Å². The van der Waals surface area contributed by atoms with Crippen molar-refractivity contribution in [3.05, 3.63) is 5.82 Å². The zero-order valence-corrected chi connectivity index (χ0v) is 18.4. The summed E-state index contributed by atoms with van der Waals surface area (Å²) in [6.45, 7) is 3.51.